The van der Waals surface area contributed by atoms with Crippen molar-refractivity contribution in [1.82, 2.24) is 9.80 Å². The van der Waals surface area contributed by atoms with Gasteiger partial charge in [-0.25, -0.2) is 4.39 Å². The molecule has 1 aliphatic rings. The number of nitrogens with zero attached hydrogens (tertiary/aromatic N) is 2. The van der Waals surface area contributed by atoms with E-state index in [1.165, 1.54) is 17.7 Å². The first-order valence-electron chi connectivity index (χ1n) is 10.9. The Morgan fingerprint density at radius 2 is 1.56 bits per heavy atom. The molecule has 0 amide bonds. The number of benzene rings is 2. The van der Waals surface area contributed by atoms with Gasteiger partial charge in [-0.05, 0) is 36.6 Å². The number of piperazine rings is 1. The first-order chi connectivity index (χ1) is 14.3. The number of aliphatic hydroxyl groups is 1. The molecule has 1 N–H and O–H groups in total. The summed E-state index contributed by atoms with van der Waals surface area (Å²) in [5, 5.41) is 10.3. The minimum absolute atomic E-state index is 0. The molecule has 0 aromatic heterocycles. The van der Waals surface area contributed by atoms with E-state index < -0.39 is 6.10 Å². The van der Waals surface area contributed by atoms with E-state index in [9.17, 15) is 9.50 Å². The smallest absolute Gasteiger partial charge is 0.123 e. The second-order valence-corrected chi connectivity index (χ2v) is 8.89. The molecule has 0 bridgehead atoms. The molecular formula is C25H37Cl2FN2O2. The molecule has 32 heavy (non-hydrogen) atoms. The van der Waals surface area contributed by atoms with E-state index in [4.69, 9.17) is 4.74 Å². The van der Waals surface area contributed by atoms with E-state index in [0.29, 0.717) is 13.0 Å². The van der Waals surface area contributed by atoms with Gasteiger partial charge < -0.3 is 14.7 Å². The van der Waals surface area contributed by atoms with E-state index in [1.54, 1.807) is 12.1 Å². The molecule has 2 aromatic rings. The maximum absolute atomic E-state index is 13.0. The summed E-state index contributed by atoms with van der Waals surface area (Å²) in [6.07, 6.45) is 0.189. The lowest BCUT2D eigenvalue weighted by Crippen LogP contribution is -2.51. The zero-order valence-electron chi connectivity index (χ0n) is 19.2. The molecule has 2 aromatic carbocycles. The van der Waals surface area contributed by atoms with Crippen molar-refractivity contribution in [3.63, 3.8) is 0 Å². The van der Waals surface area contributed by atoms with Crippen LogP contribution in [-0.4, -0.2) is 60.5 Å². The first kappa shape index (κ1) is 28.8. The van der Waals surface area contributed by atoms with Crippen molar-refractivity contribution in [1.29, 1.82) is 0 Å². The van der Waals surface area contributed by atoms with Crippen LogP contribution in [0, 0.1) is 5.82 Å². The summed E-state index contributed by atoms with van der Waals surface area (Å²) < 4.78 is 19.3. The number of hydrogen-bond donors (Lipinski definition) is 1. The molecule has 1 heterocycles. The lowest BCUT2D eigenvalue weighted by Gasteiger charge is -2.39. The van der Waals surface area contributed by atoms with E-state index in [1.807, 2.05) is 6.07 Å². The van der Waals surface area contributed by atoms with Crippen LogP contribution in [0.5, 0.6) is 0 Å². The number of halogens is 3. The van der Waals surface area contributed by atoms with Crippen LogP contribution in [0.15, 0.2) is 54.6 Å². The lowest BCUT2D eigenvalue weighted by molar-refractivity contribution is -0.0779. The van der Waals surface area contributed by atoms with Gasteiger partial charge in [0.1, 0.15) is 12.0 Å². The molecular weight excluding hydrogens is 450 g/mol. The maximum atomic E-state index is 13.0. The van der Waals surface area contributed by atoms with Gasteiger partial charge in [0.25, 0.3) is 0 Å². The molecule has 0 saturated carbocycles. The Balaban J connectivity index is 0.00000256. The van der Waals surface area contributed by atoms with Crippen LogP contribution in [0.25, 0.3) is 0 Å². The standard InChI is InChI=1S/C25H35FN2O2.2ClH/c1-20(30-19-25(2,3)22-7-5-4-6-8-22)28-17-15-27(16-18-28)14-13-24(29)21-9-11-23(26)12-10-21;;/h4-12,20,24,29H,13-19H2,1-3H3;2*1H. The molecule has 4 nitrogen and oxygen atoms in total. The highest BCUT2D eigenvalue weighted by atomic mass is 35.5. The first-order valence-corrected chi connectivity index (χ1v) is 10.9. The second kappa shape index (κ2) is 13.5. The quantitative estimate of drug-likeness (QED) is 0.537. The largest absolute Gasteiger partial charge is 0.388 e. The van der Waals surface area contributed by atoms with Gasteiger partial charge in [0.2, 0.25) is 0 Å². The fourth-order valence-electron chi connectivity index (χ4n) is 3.91. The number of aliphatic hydroxyl groups excluding tert-OH is 1. The molecule has 2 atom stereocenters. The van der Waals surface area contributed by atoms with Gasteiger partial charge in [0.05, 0.1) is 12.7 Å². The van der Waals surface area contributed by atoms with Crippen LogP contribution in [0.3, 0.4) is 0 Å². The molecule has 1 aliphatic heterocycles. The predicted molar refractivity (Wildman–Crippen MR) is 133 cm³/mol. The molecule has 2 unspecified atom stereocenters. The Hall–Kier alpha value is -1.21. The third-order valence-electron chi connectivity index (χ3n) is 6.14. The SMILES string of the molecule is CC(OCC(C)(C)c1ccccc1)N1CCN(CCC(O)c2ccc(F)cc2)CC1.Cl.Cl. The van der Waals surface area contributed by atoms with Crippen molar-refractivity contribution >= 4 is 24.8 Å². The summed E-state index contributed by atoms with van der Waals surface area (Å²) in [4.78, 5) is 4.76. The van der Waals surface area contributed by atoms with Crippen LogP contribution in [0.2, 0.25) is 0 Å². The van der Waals surface area contributed by atoms with Crippen molar-refractivity contribution in [3.8, 4) is 0 Å². The average Bonchev–Trinajstić information content (AvgIpc) is 2.77. The maximum Gasteiger partial charge on any atom is 0.123 e. The highest BCUT2D eigenvalue weighted by Gasteiger charge is 2.26. The summed E-state index contributed by atoms with van der Waals surface area (Å²) >= 11 is 0. The van der Waals surface area contributed by atoms with Crippen LogP contribution >= 0.6 is 24.8 Å². The zero-order valence-corrected chi connectivity index (χ0v) is 20.9. The topological polar surface area (TPSA) is 35.9 Å². The minimum Gasteiger partial charge on any atom is -0.388 e. The van der Waals surface area contributed by atoms with E-state index in [2.05, 4.69) is 54.8 Å². The van der Waals surface area contributed by atoms with Gasteiger partial charge in [0.15, 0.2) is 0 Å². The fourth-order valence-corrected chi connectivity index (χ4v) is 3.91. The molecule has 7 heteroatoms. The summed E-state index contributed by atoms with van der Waals surface area (Å²) in [6.45, 7) is 11.9. The Kier molecular flexibility index (Phi) is 12.1. The summed E-state index contributed by atoms with van der Waals surface area (Å²) in [6, 6.07) is 16.6. The van der Waals surface area contributed by atoms with E-state index >= 15 is 0 Å². The molecule has 1 saturated heterocycles. The number of rotatable bonds is 9. The molecule has 0 spiro atoms. The fraction of sp³-hybridized carbons (Fsp3) is 0.520. The highest BCUT2D eigenvalue weighted by molar-refractivity contribution is 5.85. The third kappa shape index (κ3) is 8.29. The van der Waals surface area contributed by atoms with Crippen LogP contribution in [0.1, 0.15) is 44.4 Å². The molecule has 0 radical (unpaired) electrons. The lowest BCUT2D eigenvalue weighted by atomic mass is 9.86. The van der Waals surface area contributed by atoms with Crippen molar-refractivity contribution in [3.05, 3.63) is 71.5 Å². The van der Waals surface area contributed by atoms with Gasteiger partial charge in [-0.3, -0.25) is 4.90 Å². The average molecular weight is 487 g/mol. The Labute approximate surface area is 204 Å². The zero-order chi connectivity index (χ0) is 21.6. The Morgan fingerprint density at radius 3 is 2.16 bits per heavy atom. The van der Waals surface area contributed by atoms with Gasteiger partial charge in [-0.2, -0.15) is 0 Å². The monoisotopic (exact) mass is 486 g/mol. The third-order valence-corrected chi connectivity index (χ3v) is 6.14. The molecule has 1 fully saturated rings. The number of ether oxygens (including phenoxy) is 1. The minimum atomic E-state index is -0.550. The van der Waals surface area contributed by atoms with Gasteiger partial charge in [-0.15, -0.1) is 24.8 Å². The molecule has 3 rings (SSSR count). The van der Waals surface area contributed by atoms with Crippen molar-refractivity contribution in [2.24, 2.45) is 0 Å². The second-order valence-electron chi connectivity index (χ2n) is 8.89. The van der Waals surface area contributed by atoms with Crippen LogP contribution in [-0.2, 0) is 10.2 Å². The van der Waals surface area contributed by atoms with Crippen LogP contribution in [0.4, 0.5) is 4.39 Å². The van der Waals surface area contributed by atoms with Crippen LogP contribution < -0.4 is 0 Å². The van der Waals surface area contributed by atoms with Crippen molar-refractivity contribution in [2.75, 3.05) is 39.3 Å². The summed E-state index contributed by atoms with van der Waals surface area (Å²) in [7, 11) is 0. The Bertz CT molecular complexity index is 769. The van der Waals surface area contributed by atoms with Crippen molar-refractivity contribution < 1.29 is 14.2 Å². The number of hydrogen-bond acceptors (Lipinski definition) is 4. The van der Waals surface area contributed by atoms with E-state index in [0.717, 1.165) is 38.3 Å². The van der Waals surface area contributed by atoms with Crippen molar-refractivity contribution in [2.45, 2.75) is 44.9 Å². The normalized spacial score (nSPS) is 17.2. The van der Waals surface area contributed by atoms with Gasteiger partial charge in [0, 0.05) is 38.1 Å². The molecule has 180 valence electrons. The Morgan fingerprint density at radius 1 is 0.969 bits per heavy atom. The molecule has 0 aliphatic carbocycles. The van der Waals surface area contributed by atoms with Gasteiger partial charge >= 0.3 is 0 Å². The highest BCUT2D eigenvalue weighted by Crippen LogP contribution is 2.24. The summed E-state index contributed by atoms with van der Waals surface area (Å²) in [5.41, 5.74) is 2.05. The van der Waals surface area contributed by atoms with Gasteiger partial charge in [-0.1, -0.05) is 56.3 Å². The van der Waals surface area contributed by atoms with E-state index in [-0.39, 0.29) is 42.3 Å². The predicted octanol–water partition coefficient (Wildman–Crippen LogP) is 5.05. The summed E-state index contributed by atoms with van der Waals surface area (Å²) in [5.74, 6) is -0.273.